The van der Waals surface area contributed by atoms with Gasteiger partial charge in [0, 0.05) is 12.1 Å². The molecule has 2 atom stereocenters. The molecular weight excluding hydrogens is 356 g/mol. The minimum Gasteiger partial charge on any atom is -0.487 e. The van der Waals surface area contributed by atoms with Gasteiger partial charge in [0.2, 0.25) is 0 Å². The molecule has 0 aliphatic carbocycles. The van der Waals surface area contributed by atoms with E-state index in [4.69, 9.17) is 4.74 Å². The Balaban J connectivity index is 1.60. The van der Waals surface area contributed by atoms with E-state index in [9.17, 15) is 5.11 Å². The van der Waals surface area contributed by atoms with Gasteiger partial charge in [-0.1, -0.05) is 60.3 Å². The van der Waals surface area contributed by atoms with Crippen molar-refractivity contribution in [2.45, 2.75) is 11.5 Å². The number of anilines is 1. The fourth-order valence-corrected chi connectivity index (χ4v) is 4.90. The van der Waals surface area contributed by atoms with Crippen LogP contribution in [0.4, 0.5) is 5.69 Å². The van der Waals surface area contributed by atoms with Gasteiger partial charge in [0.05, 0.1) is 16.0 Å². The van der Waals surface area contributed by atoms with Gasteiger partial charge in [-0.2, -0.15) is 0 Å². The maximum atomic E-state index is 9.86. The first-order valence-corrected chi connectivity index (χ1v) is 9.95. The van der Waals surface area contributed by atoms with Crippen LogP contribution in [0, 0.1) is 0 Å². The van der Waals surface area contributed by atoms with E-state index >= 15 is 0 Å². The van der Waals surface area contributed by atoms with Crippen LogP contribution >= 0.6 is 11.8 Å². The molecule has 2 aromatic rings. The number of aliphatic hydroxyl groups excluding tert-OH is 1. The number of thioether (sulfide) groups is 1. The van der Waals surface area contributed by atoms with Gasteiger partial charge >= 0.3 is 0 Å². The van der Waals surface area contributed by atoms with Crippen molar-refractivity contribution >= 4 is 23.0 Å². The maximum absolute atomic E-state index is 9.86. The zero-order valence-electron chi connectivity index (χ0n) is 14.7. The zero-order valence-corrected chi connectivity index (χ0v) is 15.5. The molecule has 0 spiro atoms. The van der Waals surface area contributed by atoms with Crippen LogP contribution in [0.5, 0.6) is 5.75 Å². The predicted octanol–water partition coefficient (Wildman–Crippen LogP) is 4.05. The molecule has 0 saturated heterocycles. The second-order valence-corrected chi connectivity index (χ2v) is 7.87. The first-order chi connectivity index (χ1) is 13.3. The SMILES string of the molecule is OC1COc2ccc(C3=CC4=C(NCC=C4)SC3c3ccccc3)cc2N1. The monoisotopic (exact) mass is 376 g/mol. The van der Waals surface area contributed by atoms with Gasteiger partial charge in [0.25, 0.3) is 0 Å². The van der Waals surface area contributed by atoms with Crippen molar-refractivity contribution in [2.24, 2.45) is 0 Å². The van der Waals surface area contributed by atoms with Crippen LogP contribution in [0.1, 0.15) is 16.4 Å². The quantitative estimate of drug-likeness (QED) is 0.738. The van der Waals surface area contributed by atoms with Crippen LogP contribution < -0.4 is 15.4 Å². The van der Waals surface area contributed by atoms with Crippen LogP contribution in [-0.2, 0) is 0 Å². The molecule has 27 heavy (non-hydrogen) atoms. The third kappa shape index (κ3) is 3.13. The second-order valence-electron chi connectivity index (χ2n) is 6.76. The van der Waals surface area contributed by atoms with Crippen LogP contribution in [0.3, 0.4) is 0 Å². The Kier molecular flexibility index (Phi) is 4.19. The number of benzene rings is 2. The van der Waals surface area contributed by atoms with Gasteiger partial charge in [0.15, 0.2) is 6.23 Å². The number of hydrogen-bond acceptors (Lipinski definition) is 5. The van der Waals surface area contributed by atoms with Crippen LogP contribution in [-0.4, -0.2) is 24.5 Å². The van der Waals surface area contributed by atoms with Gasteiger partial charge in [-0.3, -0.25) is 0 Å². The van der Waals surface area contributed by atoms with E-state index in [2.05, 4.69) is 65.3 Å². The summed E-state index contributed by atoms with van der Waals surface area (Å²) in [6.07, 6.45) is 5.93. The smallest absolute Gasteiger partial charge is 0.159 e. The number of dihydropyridines is 1. The van der Waals surface area contributed by atoms with Gasteiger partial charge in [-0.25, -0.2) is 0 Å². The number of aliphatic hydroxyl groups is 1. The summed E-state index contributed by atoms with van der Waals surface area (Å²) in [7, 11) is 0. The van der Waals surface area contributed by atoms with E-state index in [0.29, 0.717) is 0 Å². The molecule has 0 radical (unpaired) electrons. The van der Waals surface area contributed by atoms with Crippen molar-refractivity contribution in [3.05, 3.63) is 88.5 Å². The third-order valence-electron chi connectivity index (χ3n) is 4.90. The molecule has 0 aromatic heterocycles. The van der Waals surface area contributed by atoms with Gasteiger partial charge in [-0.05, 0) is 34.9 Å². The van der Waals surface area contributed by atoms with E-state index in [1.807, 2.05) is 23.9 Å². The molecule has 4 nitrogen and oxygen atoms in total. The van der Waals surface area contributed by atoms with Crippen LogP contribution in [0.25, 0.3) is 5.57 Å². The zero-order chi connectivity index (χ0) is 18.2. The summed E-state index contributed by atoms with van der Waals surface area (Å²) in [4.78, 5) is 0. The minimum absolute atomic E-state index is 0.205. The molecule has 0 saturated carbocycles. The highest BCUT2D eigenvalue weighted by atomic mass is 32.2. The van der Waals surface area contributed by atoms with Gasteiger partial charge < -0.3 is 20.5 Å². The predicted molar refractivity (Wildman–Crippen MR) is 110 cm³/mol. The van der Waals surface area contributed by atoms with Crippen molar-refractivity contribution in [1.29, 1.82) is 0 Å². The molecule has 0 amide bonds. The largest absolute Gasteiger partial charge is 0.487 e. The molecular formula is C22H20N2O2S. The fraction of sp³-hybridized carbons (Fsp3) is 0.182. The molecule has 2 unspecified atom stereocenters. The highest BCUT2D eigenvalue weighted by Crippen LogP contribution is 2.50. The number of nitrogens with one attached hydrogen (secondary N) is 2. The normalized spacial score (nSPS) is 23.4. The average Bonchev–Trinajstić information content (AvgIpc) is 2.73. The first kappa shape index (κ1) is 16.5. The molecule has 3 heterocycles. The Morgan fingerprint density at radius 3 is 2.89 bits per heavy atom. The molecule has 136 valence electrons. The van der Waals surface area contributed by atoms with Crippen LogP contribution in [0.15, 0.2) is 77.4 Å². The fourth-order valence-electron chi connectivity index (χ4n) is 3.61. The minimum atomic E-state index is -0.674. The van der Waals surface area contributed by atoms with E-state index < -0.39 is 6.23 Å². The molecule has 5 heteroatoms. The number of allylic oxidation sites excluding steroid dienone is 3. The molecule has 3 N–H and O–H groups in total. The molecule has 3 aliphatic heterocycles. The van der Waals surface area contributed by atoms with Gasteiger partial charge in [0.1, 0.15) is 12.4 Å². The standard InChI is InChI=1S/C22H20N2O2S/c25-20-13-26-19-9-8-15(12-18(19)24-20)17-11-16-7-4-10-23-22(16)27-21(17)14-5-2-1-3-6-14/h1-9,11-12,20-21,23-25H,10,13H2. The highest BCUT2D eigenvalue weighted by molar-refractivity contribution is 8.03. The summed E-state index contributed by atoms with van der Waals surface area (Å²) in [6, 6.07) is 16.7. The van der Waals surface area contributed by atoms with Crippen molar-refractivity contribution in [3.8, 4) is 5.75 Å². The van der Waals surface area contributed by atoms with E-state index in [0.717, 1.165) is 23.5 Å². The van der Waals surface area contributed by atoms with Crippen LogP contribution in [0.2, 0.25) is 0 Å². The number of ether oxygens (including phenoxy) is 1. The number of rotatable bonds is 2. The van der Waals surface area contributed by atoms with E-state index in [1.165, 1.54) is 21.7 Å². The summed E-state index contributed by atoms with van der Waals surface area (Å²) in [5, 5.41) is 17.9. The lowest BCUT2D eigenvalue weighted by Gasteiger charge is -2.30. The molecule has 0 bridgehead atoms. The van der Waals surface area contributed by atoms with Gasteiger partial charge in [-0.15, -0.1) is 0 Å². The molecule has 0 fully saturated rings. The summed E-state index contributed by atoms with van der Waals surface area (Å²) < 4.78 is 5.61. The average molecular weight is 376 g/mol. The summed E-state index contributed by atoms with van der Waals surface area (Å²) in [5.41, 5.74) is 5.71. The Bertz CT molecular complexity index is 966. The highest BCUT2D eigenvalue weighted by Gasteiger charge is 2.28. The summed E-state index contributed by atoms with van der Waals surface area (Å²) in [6.45, 7) is 1.14. The number of hydrogen-bond donors (Lipinski definition) is 3. The van der Waals surface area contributed by atoms with Crippen molar-refractivity contribution < 1.29 is 9.84 Å². The molecule has 5 rings (SSSR count). The van der Waals surface area contributed by atoms with Crippen molar-refractivity contribution in [1.82, 2.24) is 5.32 Å². The lowest BCUT2D eigenvalue weighted by molar-refractivity contribution is 0.119. The third-order valence-corrected chi connectivity index (χ3v) is 6.28. The van der Waals surface area contributed by atoms with Crippen molar-refractivity contribution in [3.63, 3.8) is 0 Å². The maximum Gasteiger partial charge on any atom is 0.159 e. The lowest BCUT2D eigenvalue weighted by atomic mass is 9.94. The molecule has 3 aliphatic rings. The lowest BCUT2D eigenvalue weighted by Crippen LogP contribution is -2.30. The Labute approximate surface area is 162 Å². The Morgan fingerprint density at radius 2 is 2.00 bits per heavy atom. The summed E-state index contributed by atoms with van der Waals surface area (Å²) >= 11 is 1.86. The molecule has 2 aromatic carbocycles. The Hall–Kier alpha value is -2.63. The first-order valence-electron chi connectivity index (χ1n) is 9.07. The second kappa shape index (κ2) is 6.83. The topological polar surface area (TPSA) is 53.5 Å². The summed E-state index contributed by atoms with van der Waals surface area (Å²) in [5.74, 6) is 0.781. The van der Waals surface area contributed by atoms with E-state index in [-0.39, 0.29) is 11.9 Å². The Morgan fingerprint density at radius 1 is 1.11 bits per heavy atom. The van der Waals surface area contributed by atoms with Crippen molar-refractivity contribution in [2.75, 3.05) is 18.5 Å². The number of fused-ring (bicyclic) bond motifs is 1. The van der Waals surface area contributed by atoms with E-state index in [1.54, 1.807) is 0 Å².